The summed E-state index contributed by atoms with van der Waals surface area (Å²) in [5, 5.41) is 3.21. The molecule has 15 heavy (non-hydrogen) atoms. The summed E-state index contributed by atoms with van der Waals surface area (Å²) in [7, 11) is 1.95. The molecule has 0 aromatic rings. The maximum atomic E-state index is 10.9. The van der Waals surface area contributed by atoms with Crippen molar-refractivity contribution in [1.29, 1.82) is 0 Å². The first kappa shape index (κ1) is 12.3. The Balaban J connectivity index is 2.40. The summed E-state index contributed by atoms with van der Waals surface area (Å²) in [6.07, 6.45) is 10.7. The van der Waals surface area contributed by atoms with Crippen molar-refractivity contribution in [3.05, 3.63) is 11.8 Å². The molecule has 0 aromatic heterocycles. The molecule has 0 saturated heterocycles. The van der Waals surface area contributed by atoms with Crippen LogP contribution < -0.4 is 5.32 Å². The molecule has 0 spiro atoms. The summed E-state index contributed by atoms with van der Waals surface area (Å²) < 4.78 is 0. The van der Waals surface area contributed by atoms with Gasteiger partial charge in [0.05, 0.1) is 0 Å². The van der Waals surface area contributed by atoms with Crippen LogP contribution in [0.2, 0.25) is 0 Å². The molecule has 0 atom stereocenters. The van der Waals surface area contributed by atoms with E-state index >= 15 is 0 Å². The van der Waals surface area contributed by atoms with Crippen LogP contribution in [0.4, 0.5) is 0 Å². The summed E-state index contributed by atoms with van der Waals surface area (Å²) in [4.78, 5) is 10.9. The maximum Gasteiger partial charge on any atom is 0.130 e. The van der Waals surface area contributed by atoms with Crippen molar-refractivity contribution in [2.45, 2.75) is 51.9 Å². The fraction of sp³-hybridized carbons (Fsp3) is 0.769. The highest BCUT2D eigenvalue weighted by atomic mass is 16.1. The molecule has 1 fully saturated rings. The molecule has 0 aromatic carbocycles. The SMILES string of the molecule is CN/C(=C/C1CCCCC1)CCC(C)=O. The number of allylic oxidation sites excluding steroid dienone is 2. The van der Waals surface area contributed by atoms with Gasteiger partial charge in [-0.05, 0) is 32.1 Å². The minimum absolute atomic E-state index is 0.278. The van der Waals surface area contributed by atoms with Gasteiger partial charge in [0.25, 0.3) is 0 Å². The van der Waals surface area contributed by atoms with Crippen molar-refractivity contribution >= 4 is 5.78 Å². The van der Waals surface area contributed by atoms with Crippen molar-refractivity contribution in [3.63, 3.8) is 0 Å². The first-order valence-electron chi connectivity index (χ1n) is 6.10. The monoisotopic (exact) mass is 209 g/mol. The van der Waals surface area contributed by atoms with Crippen LogP contribution in [-0.2, 0) is 4.79 Å². The number of carbonyl (C=O) groups excluding carboxylic acids is 1. The van der Waals surface area contributed by atoms with Crippen LogP contribution in [0, 0.1) is 5.92 Å². The van der Waals surface area contributed by atoms with E-state index < -0.39 is 0 Å². The highest BCUT2D eigenvalue weighted by Gasteiger charge is 2.11. The molecule has 1 saturated carbocycles. The van der Waals surface area contributed by atoms with Gasteiger partial charge in [0, 0.05) is 19.2 Å². The molecule has 86 valence electrons. The molecule has 1 N–H and O–H groups in total. The molecule has 0 heterocycles. The lowest BCUT2D eigenvalue weighted by Crippen LogP contribution is -2.11. The third-order valence-electron chi connectivity index (χ3n) is 3.15. The molecule has 1 aliphatic rings. The van der Waals surface area contributed by atoms with Gasteiger partial charge < -0.3 is 10.1 Å². The van der Waals surface area contributed by atoms with E-state index in [0.29, 0.717) is 6.42 Å². The zero-order chi connectivity index (χ0) is 11.1. The van der Waals surface area contributed by atoms with E-state index in [-0.39, 0.29) is 5.78 Å². The van der Waals surface area contributed by atoms with Gasteiger partial charge in [0.2, 0.25) is 0 Å². The predicted octanol–water partition coefficient (Wildman–Crippen LogP) is 3.04. The van der Waals surface area contributed by atoms with Gasteiger partial charge >= 0.3 is 0 Å². The number of hydrogen-bond donors (Lipinski definition) is 1. The molecule has 0 radical (unpaired) electrons. The molecular formula is C13H23NO. The van der Waals surface area contributed by atoms with Gasteiger partial charge in [0.15, 0.2) is 0 Å². The molecule has 0 bridgehead atoms. The fourth-order valence-corrected chi connectivity index (χ4v) is 2.19. The van der Waals surface area contributed by atoms with E-state index in [2.05, 4.69) is 11.4 Å². The van der Waals surface area contributed by atoms with Gasteiger partial charge in [0.1, 0.15) is 5.78 Å². The van der Waals surface area contributed by atoms with E-state index in [1.165, 1.54) is 37.8 Å². The fourth-order valence-electron chi connectivity index (χ4n) is 2.19. The Kier molecular flexibility index (Phi) is 5.44. The Bertz CT molecular complexity index is 227. The Morgan fingerprint density at radius 2 is 1.93 bits per heavy atom. The molecule has 0 amide bonds. The number of rotatable bonds is 5. The smallest absolute Gasteiger partial charge is 0.130 e. The molecule has 1 aliphatic carbocycles. The lowest BCUT2D eigenvalue weighted by Gasteiger charge is -2.19. The van der Waals surface area contributed by atoms with Crippen molar-refractivity contribution in [3.8, 4) is 0 Å². The molecule has 0 unspecified atom stereocenters. The molecular weight excluding hydrogens is 186 g/mol. The van der Waals surface area contributed by atoms with E-state index in [1.54, 1.807) is 6.92 Å². The van der Waals surface area contributed by atoms with E-state index in [1.807, 2.05) is 7.05 Å². The lowest BCUT2D eigenvalue weighted by molar-refractivity contribution is -0.116. The predicted molar refractivity (Wildman–Crippen MR) is 63.6 cm³/mol. The van der Waals surface area contributed by atoms with Crippen LogP contribution in [0.5, 0.6) is 0 Å². The van der Waals surface area contributed by atoms with Crippen LogP contribution >= 0.6 is 0 Å². The minimum Gasteiger partial charge on any atom is -0.392 e. The number of hydrogen-bond acceptors (Lipinski definition) is 2. The third kappa shape index (κ3) is 5.01. The Morgan fingerprint density at radius 3 is 2.47 bits per heavy atom. The highest BCUT2D eigenvalue weighted by Crippen LogP contribution is 2.25. The van der Waals surface area contributed by atoms with E-state index in [4.69, 9.17) is 0 Å². The average Bonchev–Trinajstić information content (AvgIpc) is 2.25. The van der Waals surface area contributed by atoms with Gasteiger partial charge in [-0.15, -0.1) is 0 Å². The van der Waals surface area contributed by atoms with Gasteiger partial charge in [-0.1, -0.05) is 25.3 Å². The van der Waals surface area contributed by atoms with Gasteiger partial charge in [-0.25, -0.2) is 0 Å². The van der Waals surface area contributed by atoms with Crippen molar-refractivity contribution < 1.29 is 4.79 Å². The standard InChI is InChI=1S/C13H23NO/c1-11(15)8-9-13(14-2)10-12-6-4-3-5-7-12/h10,12,14H,3-9H2,1-2H3/b13-10+. The van der Waals surface area contributed by atoms with E-state index in [9.17, 15) is 4.79 Å². The zero-order valence-electron chi connectivity index (χ0n) is 10.0. The second kappa shape index (κ2) is 6.65. The minimum atomic E-state index is 0.278. The van der Waals surface area contributed by atoms with Crippen molar-refractivity contribution in [2.75, 3.05) is 7.05 Å². The van der Waals surface area contributed by atoms with Gasteiger partial charge in [-0.3, -0.25) is 0 Å². The summed E-state index contributed by atoms with van der Waals surface area (Å²) >= 11 is 0. The first-order chi connectivity index (χ1) is 7.22. The van der Waals surface area contributed by atoms with Crippen molar-refractivity contribution in [2.24, 2.45) is 5.92 Å². The first-order valence-corrected chi connectivity index (χ1v) is 6.10. The molecule has 0 aliphatic heterocycles. The second-order valence-corrected chi connectivity index (χ2v) is 4.54. The van der Waals surface area contributed by atoms with Crippen LogP contribution in [0.1, 0.15) is 51.9 Å². The lowest BCUT2D eigenvalue weighted by atomic mass is 9.88. The van der Waals surface area contributed by atoms with Gasteiger partial charge in [-0.2, -0.15) is 0 Å². The van der Waals surface area contributed by atoms with E-state index in [0.717, 1.165) is 12.3 Å². The Labute approximate surface area is 93.1 Å². The van der Waals surface area contributed by atoms with Crippen LogP contribution in [-0.4, -0.2) is 12.8 Å². The quantitative estimate of drug-likeness (QED) is 0.754. The summed E-state index contributed by atoms with van der Waals surface area (Å²) in [6.45, 7) is 1.66. The number of nitrogens with one attached hydrogen (secondary N) is 1. The number of Topliss-reactive ketones (excluding diaryl/α,β-unsaturated/α-hetero) is 1. The molecule has 2 heteroatoms. The van der Waals surface area contributed by atoms with Crippen LogP contribution in [0.3, 0.4) is 0 Å². The average molecular weight is 209 g/mol. The Morgan fingerprint density at radius 1 is 1.27 bits per heavy atom. The normalized spacial score (nSPS) is 18.9. The summed E-state index contributed by atoms with van der Waals surface area (Å²) in [5.41, 5.74) is 1.25. The van der Waals surface area contributed by atoms with Crippen LogP contribution in [0.15, 0.2) is 11.8 Å². The summed E-state index contributed by atoms with van der Waals surface area (Å²) in [6, 6.07) is 0. The maximum absolute atomic E-state index is 10.9. The topological polar surface area (TPSA) is 29.1 Å². The Hall–Kier alpha value is -0.790. The number of ketones is 1. The number of carbonyl (C=O) groups is 1. The molecule has 1 rings (SSSR count). The van der Waals surface area contributed by atoms with Crippen molar-refractivity contribution in [1.82, 2.24) is 5.32 Å². The second-order valence-electron chi connectivity index (χ2n) is 4.54. The highest BCUT2D eigenvalue weighted by molar-refractivity contribution is 5.75. The molecule has 2 nitrogen and oxygen atoms in total. The summed E-state index contributed by atoms with van der Waals surface area (Å²) in [5.74, 6) is 1.02. The largest absolute Gasteiger partial charge is 0.392 e. The van der Waals surface area contributed by atoms with Crippen LogP contribution in [0.25, 0.3) is 0 Å². The third-order valence-corrected chi connectivity index (χ3v) is 3.15. The zero-order valence-corrected chi connectivity index (χ0v) is 10.0.